The van der Waals surface area contributed by atoms with Gasteiger partial charge in [-0.15, -0.1) is 0 Å². The molecule has 0 nitrogen and oxygen atoms in total. The van der Waals surface area contributed by atoms with E-state index in [1.54, 1.807) is 0 Å². The summed E-state index contributed by atoms with van der Waals surface area (Å²) in [6.07, 6.45) is 22.3. The largest absolute Gasteiger partial charge is 0.0623 e. The molecule has 1 rings (SSSR count). The summed E-state index contributed by atoms with van der Waals surface area (Å²) in [7, 11) is 0. The van der Waals surface area contributed by atoms with Crippen LogP contribution in [0, 0.1) is 0 Å². The van der Waals surface area contributed by atoms with Crippen molar-refractivity contribution in [2.24, 2.45) is 0 Å². The van der Waals surface area contributed by atoms with Crippen molar-refractivity contribution in [3.8, 4) is 0 Å². The molecule has 1 aliphatic carbocycles. The van der Waals surface area contributed by atoms with E-state index in [9.17, 15) is 0 Å². The average Bonchev–Trinajstić information content (AvgIpc) is 2.11. The highest BCUT2D eigenvalue weighted by Crippen LogP contribution is 1.97. The third-order valence-electron chi connectivity index (χ3n) is 1.61. The summed E-state index contributed by atoms with van der Waals surface area (Å²) in [5.74, 6) is 0. The SMILES string of the molecule is CC1=C/C=C\C=C/C=C/C=C/C=C\1. The smallest absolute Gasteiger partial charge is 0.0398 e. The molecule has 13 heavy (non-hydrogen) atoms. The molecule has 66 valence electrons. The maximum absolute atomic E-state index is 2.08. The molecule has 0 bridgehead atoms. The van der Waals surface area contributed by atoms with Gasteiger partial charge in [-0.05, 0) is 6.92 Å². The normalized spacial score (nSPS) is 32.8. The number of hydrogen-bond acceptors (Lipinski definition) is 0. The van der Waals surface area contributed by atoms with Gasteiger partial charge in [0.25, 0.3) is 0 Å². The van der Waals surface area contributed by atoms with Gasteiger partial charge >= 0.3 is 0 Å². The van der Waals surface area contributed by atoms with E-state index in [4.69, 9.17) is 0 Å². The maximum Gasteiger partial charge on any atom is -0.0398 e. The second-order valence-electron chi connectivity index (χ2n) is 2.81. The lowest BCUT2D eigenvalue weighted by atomic mass is 10.2. The molecular formula is C13H14. The van der Waals surface area contributed by atoms with Gasteiger partial charge in [0.15, 0.2) is 0 Å². The molecule has 0 unspecified atom stereocenters. The Labute approximate surface area is 80.0 Å². The van der Waals surface area contributed by atoms with E-state index in [0.717, 1.165) is 0 Å². The zero-order valence-electron chi connectivity index (χ0n) is 7.85. The van der Waals surface area contributed by atoms with Gasteiger partial charge in [-0.2, -0.15) is 0 Å². The summed E-state index contributed by atoms with van der Waals surface area (Å²) in [6.45, 7) is 2.08. The quantitative estimate of drug-likeness (QED) is 0.519. The van der Waals surface area contributed by atoms with Crippen molar-refractivity contribution >= 4 is 0 Å². The second kappa shape index (κ2) is 6.01. The first-order chi connectivity index (χ1) is 6.39. The van der Waals surface area contributed by atoms with Gasteiger partial charge in [-0.25, -0.2) is 0 Å². The van der Waals surface area contributed by atoms with E-state index >= 15 is 0 Å². The fraction of sp³-hybridized carbons (Fsp3) is 0.0769. The van der Waals surface area contributed by atoms with E-state index in [2.05, 4.69) is 19.1 Å². The Morgan fingerprint density at radius 2 is 1.08 bits per heavy atom. The van der Waals surface area contributed by atoms with Crippen LogP contribution in [0.25, 0.3) is 0 Å². The lowest BCUT2D eigenvalue weighted by Gasteiger charge is -1.86. The van der Waals surface area contributed by atoms with Crippen LogP contribution in [0.3, 0.4) is 0 Å². The minimum absolute atomic E-state index is 1.25. The predicted octanol–water partition coefficient (Wildman–Crippen LogP) is 3.73. The minimum atomic E-state index is 1.25. The Balaban J connectivity index is 2.78. The molecule has 0 heteroatoms. The number of hydrogen-bond donors (Lipinski definition) is 0. The number of rotatable bonds is 0. The molecule has 0 aliphatic heterocycles. The molecule has 0 aromatic carbocycles. The monoisotopic (exact) mass is 170 g/mol. The van der Waals surface area contributed by atoms with Crippen LogP contribution in [0.5, 0.6) is 0 Å². The van der Waals surface area contributed by atoms with E-state index in [0.29, 0.717) is 0 Å². The van der Waals surface area contributed by atoms with Crippen molar-refractivity contribution in [3.63, 3.8) is 0 Å². The zero-order chi connectivity index (χ0) is 9.36. The summed E-state index contributed by atoms with van der Waals surface area (Å²) >= 11 is 0. The van der Waals surface area contributed by atoms with Crippen LogP contribution in [-0.4, -0.2) is 0 Å². The molecule has 0 fully saturated rings. The van der Waals surface area contributed by atoms with Crippen LogP contribution in [0.1, 0.15) is 6.92 Å². The van der Waals surface area contributed by atoms with Crippen molar-refractivity contribution in [3.05, 3.63) is 72.4 Å². The summed E-state index contributed by atoms with van der Waals surface area (Å²) in [5.41, 5.74) is 1.25. The highest BCUT2D eigenvalue weighted by molar-refractivity contribution is 5.28. The average molecular weight is 170 g/mol. The van der Waals surface area contributed by atoms with Crippen LogP contribution in [0.4, 0.5) is 0 Å². The van der Waals surface area contributed by atoms with Gasteiger partial charge in [-0.1, -0.05) is 72.4 Å². The molecule has 0 atom stereocenters. The van der Waals surface area contributed by atoms with Gasteiger partial charge in [0.2, 0.25) is 0 Å². The minimum Gasteiger partial charge on any atom is -0.0623 e. The van der Waals surface area contributed by atoms with Crippen LogP contribution in [0.2, 0.25) is 0 Å². The van der Waals surface area contributed by atoms with Gasteiger partial charge in [0.05, 0.1) is 0 Å². The maximum atomic E-state index is 2.08. The topological polar surface area (TPSA) is 0 Å². The lowest BCUT2D eigenvalue weighted by molar-refractivity contribution is 1.52. The fourth-order valence-corrected chi connectivity index (χ4v) is 0.919. The van der Waals surface area contributed by atoms with Crippen LogP contribution in [0.15, 0.2) is 72.4 Å². The van der Waals surface area contributed by atoms with E-state index in [-0.39, 0.29) is 0 Å². The van der Waals surface area contributed by atoms with E-state index in [1.807, 2.05) is 54.7 Å². The molecule has 0 heterocycles. The fourth-order valence-electron chi connectivity index (χ4n) is 0.919. The summed E-state index contributed by atoms with van der Waals surface area (Å²) in [6, 6.07) is 0. The van der Waals surface area contributed by atoms with Gasteiger partial charge < -0.3 is 0 Å². The second-order valence-corrected chi connectivity index (χ2v) is 2.81. The van der Waals surface area contributed by atoms with Gasteiger partial charge in [-0.3, -0.25) is 0 Å². The van der Waals surface area contributed by atoms with Gasteiger partial charge in [0, 0.05) is 0 Å². The third-order valence-corrected chi connectivity index (χ3v) is 1.61. The predicted molar refractivity (Wildman–Crippen MR) is 59.5 cm³/mol. The Hall–Kier alpha value is -1.56. The van der Waals surface area contributed by atoms with Crippen molar-refractivity contribution in [2.45, 2.75) is 6.92 Å². The molecule has 0 spiro atoms. The van der Waals surface area contributed by atoms with Crippen molar-refractivity contribution < 1.29 is 0 Å². The molecule has 0 amide bonds. The van der Waals surface area contributed by atoms with Crippen LogP contribution in [-0.2, 0) is 0 Å². The zero-order valence-corrected chi connectivity index (χ0v) is 7.85. The molecular weight excluding hydrogens is 156 g/mol. The molecule has 0 N–H and O–H groups in total. The Bertz CT molecular complexity index is 307. The molecule has 1 aliphatic rings. The van der Waals surface area contributed by atoms with E-state index in [1.165, 1.54) is 5.57 Å². The molecule has 0 aromatic rings. The third kappa shape index (κ3) is 4.81. The Morgan fingerprint density at radius 1 is 0.615 bits per heavy atom. The summed E-state index contributed by atoms with van der Waals surface area (Å²) in [5, 5.41) is 0. The van der Waals surface area contributed by atoms with Crippen molar-refractivity contribution in [1.82, 2.24) is 0 Å². The standard InChI is InChI=1S/C13H14/c1-13-11-9-7-5-3-2-4-6-8-10-12-13/h2-12H,1H3/b3-2+,4-2?,5-3?,6-4-,7-5+,8-6?,9-7?,10-8-,11-9-,12-10?,13-11?,13-12-. The first-order valence-corrected chi connectivity index (χ1v) is 4.41. The first-order valence-electron chi connectivity index (χ1n) is 4.41. The highest BCUT2D eigenvalue weighted by Gasteiger charge is 1.75. The first kappa shape index (κ1) is 9.53. The summed E-state index contributed by atoms with van der Waals surface area (Å²) in [4.78, 5) is 0. The highest BCUT2D eigenvalue weighted by atomic mass is 13.8. The van der Waals surface area contributed by atoms with Crippen molar-refractivity contribution in [1.29, 1.82) is 0 Å². The van der Waals surface area contributed by atoms with E-state index < -0.39 is 0 Å². The van der Waals surface area contributed by atoms with Crippen LogP contribution < -0.4 is 0 Å². The van der Waals surface area contributed by atoms with Gasteiger partial charge in [0.1, 0.15) is 0 Å². The molecule has 0 radical (unpaired) electrons. The lowest BCUT2D eigenvalue weighted by Crippen LogP contribution is -1.65. The molecule has 0 saturated heterocycles. The number of allylic oxidation sites excluding steroid dienone is 12. The summed E-state index contributed by atoms with van der Waals surface area (Å²) < 4.78 is 0. The van der Waals surface area contributed by atoms with Crippen LogP contribution >= 0.6 is 0 Å². The molecule has 0 saturated carbocycles. The Kier molecular flexibility index (Phi) is 4.41. The molecule has 0 aromatic heterocycles. The Morgan fingerprint density at radius 3 is 1.69 bits per heavy atom. The van der Waals surface area contributed by atoms with Crippen molar-refractivity contribution in [2.75, 3.05) is 0 Å².